The van der Waals surface area contributed by atoms with Crippen LogP contribution in [0.1, 0.15) is 30.2 Å². The third-order valence-electron chi connectivity index (χ3n) is 4.50. The van der Waals surface area contributed by atoms with Crippen molar-refractivity contribution in [3.8, 4) is 0 Å². The highest BCUT2D eigenvalue weighted by molar-refractivity contribution is 14.0. The summed E-state index contributed by atoms with van der Waals surface area (Å²) in [6, 6.07) is 0. The molecule has 138 valence electrons. The lowest BCUT2D eigenvalue weighted by molar-refractivity contribution is 0.255. The molecular weight excluding hydrogens is 433 g/mol. The molecule has 1 aromatic heterocycles. The summed E-state index contributed by atoms with van der Waals surface area (Å²) < 4.78 is 0. The van der Waals surface area contributed by atoms with E-state index in [0.29, 0.717) is 0 Å². The number of thiazole rings is 1. The highest BCUT2D eigenvalue weighted by Gasteiger charge is 2.25. The third-order valence-corrected chi connectivity index (χ3v) is 5.47. The van der Waals surface area contributed by atoms with Gasteiger partial charge in [0, 0.05) is 50.7 Å². The fourth-order valence-corrected chi connectivity index (χ4v) is 3.94. The Morgan fingerprint density at radius 1 is 1.46 bits per heavy atom. The van der Waals surface area contributed by atoms with Gasteiger partial charge in [0.1, 0.15) is 0 Å². The van der Waals surface area contributed by atoms with E-state index >= 15 is 0 Å². The van der Waals surface area contributed by atoms with E-state index in [2.05, 4.69) is 45.9 Å². The smallest absolute Gasteiger partial charge is 0.193 e. The third kappa shape index (κ3) is 6.48. The maximum Gasteiger partial charge on any atom is 0.193 e. The van der Waals surface area contributed by atoms with Gasteiger partial charge in [0.25, 0.3) is 0 Å². The van der Waals surface area contributed by atoms with Gasteiger partial charge in [-0.3, -0.25) is 4.99 Å². The summed E-state index contributed by atoms with van der Waals surface area (Å²) in [5, 5.41) is 4.70. The van der Waals surface area contributed by atoms with Crippen LogP contribution in [0.3, 0.4) is 0 Å². The van der Waals surface area contributed by atoms with E-state index in [0.717, 1.165) is 51.0 Å². The number of hydrogen-bond acceptors (Lipinski definition) is 4. The van der Waals surface area contributed by atoms with Crippen molar-refractivity contribution < 1.29 is 0 Å². The van der Waals surface area contributed by atoms with Crippen LogP contribution in [-0.2, 0) is 6.42 Å². The first kappa shape index (κ1) is 21.6. The van der Waals surface area contributed by atoms with Gasteiger partial charge >= 0.3 is 0 Å². The van der Waals surface area contributed by atoms with Gasteiger partial charge in [-0.2, -0.15) is 0 Å². The minimum absolute atomic E-state index is 0. The molecule has 2 heterocycles. The number of aliphatic imine (C=N–C) groups is 1. The monoisotopic (exact) mass is 465 g/mol. The number of nitrogens with one attached hydrogen (secondary N) is 1. The van der Waals surface area contributed by atoms with Crippen molar-refractivity contribution in [3.05, 3.63) is 16.1 Å². The first-order valence-corrected chi connectivity index (χ1v) is 9.57. The fraction of sp³-hybridized carbons (Fsp3) is 0.765. The van der Waals surface area contributed by atoms with Gasteiger partial charge in [0.05, 0.1) is 5.01 Å². The Hall–Kier alpha value is -0.410. The standard InChI is InChI=1S/C17H31N5S.HI/c1-5-21(6-2)12-15-8-10-22(13-15)17(18-4)19-9-7-16-20-11-14(3)23-16;/h11,15H,5-10,12-13H2,1-4H3,(H,18,19);1H. The Balaban J connectivity index is 0.00000288. The van der Waals surface area contributed by atoms with Crippen LogP contribution >= 0.6 is 35.3 Å². The van der Waals surface area contributed by atoms with Crippen molar-refractivity contribution in [2.45, 2.75) is 33.6 Å². The van der Waals surface area contributed by atoms with Crippen LogP contribution in [0.25, 0.3) is 0 Å². The topological polar surface area (TPSA) is 43.8 Å². The molecule has 1 fully saturated rings. The summed E-state index contributed by atoms with van der Waals surface area (Å²) in [5.74, 6) is 1.80. The quantitative estimate of drug-likeness (QED) is 0.382. The molecule has 1 aromatic rings. The molecule has 1 unspecified atom stereocenters. The zero-order valence-corrected chi connectivity index (χ0v) is 18.6. The molecule has 1 atom stereocenters. The fourth-order valence-electron chi connectivity index (χ4n) is 3.15. The van der Waals surface area contributed by atoms with Gasteiger partial charge in [0.2, 0.25) is 0 Å². The summed E-state index contributed by atoms with van der Waals surface area (Å²) in [6.07, 6.45) is 4.18. The number of aryl methyl sites for hydroxylation is 1. The number of aromatic nitrogens is 1. The predicted molar refractivity (Wildman–Crippen MR) is 115 cm³/mol. The predicted octanol–water partition coefficient (Wildman–Crippen LogP) is 2.85. The zero-order valence-electron chi connectivity index (χ0n) is 15.4. The van der Waals surface area contributed by atoms with Gasteiger partial charge in [0.15, 0.2) is 5.96 Å². The van der Waals surface area contributed by atoms with E-state index in [1.807, 2.05) is 13.2 Å². The molecule has 0 aromatic carbocycles. The lowest BCUT2D eigenvalue weighted by Gasteiger charge is -2.24. The molecule has 0 aliphatic carbocycles. The van der Waals surface area contributed by atoms with Crippen molar-refractivity contribution in [1.29, 1.82) is 0 Å². The van der Waals surface area contributed by atoms with E-state index in [-0.39, 0.29) is 24.0 Å². The second-order valence-corrected chi connectivity index (χ2v) is 7.49. The van der Waals surface area contributed by atoms with E-state index in [1.54, 1.807) is 11.3 Å². The Morgan fingerprint density at radius 2 is 2.21 bits per heavy atom. The molecule has 1 aliphatic heterocycles. The average molecular weight is 465 g/mol. The van der Waals surface area contributed by atoms with Gasteiger partial charge in [-0.15, -0.1) is 35.3 Å². The van der Waals surface area contributed by atoms with Crippen LogP contribution in [0.5, 0.6) is 0 Å². The minimum Gasteiger partial charge on any atom is -0.356 e. The Labute approximate surface area is 168 Å². The first-order valence-electron chi connectivity index (χ1n) is 8.75. The van der Waals surface area contributed by atoms with Crippen molar-refractivity contribution in [1.82, 2.24) is 20.1 Å². The molecule has 5 nitrogen and oxygen atoms in total. The number of hydrogen-bond donors (Lipinski definition) is 1. The van der Waals surface area contributed by atoms with Crippen LogP contribution in [-0.4, -0.2) is 67.1 Å². The maximum atomic E-state index is 4.46. The number of halogens is 1. The van der Waals surface area contributed by atoms with E-state index in [1.165, 1.54) is 22.9 Å². The Kier molecular flexibility index (Phi) is 10.1. The summed E-state index contributed by atoms with van der Waals surface area (Å²) in [7, 11) is 1.88. The minimum atomic E-state index is 0. The Morgan fingerprint density at radius 3 is 2.79 bits per heavy atom. The molecule has 7 heteroatoms. The summed E-state index contributed by atoms with van der Waals surface area (Å²) in [6.45, 7) is 13.2. The second kappa shape index (κ2) is 11.3. The molecule has 0 bridgehead atoms. The van der Waals surface area contributed by atoms with Gasteiger partial charge in [-0.05, 0) is 32.4 Å². The maximum absolute atomic E-state index is 4.46. The lowest BCUT2D eigenvalue weighted by Crippen LogP contribution is -2.41. The number of likely N-dealkylation sites (tertiary alicyclic amines) is 1. The molecule has 0 saturated carbocycles. The zero-order chi connectivity index (χ0) is 16.7. The number of rotatable bonds is 7. The Bertz CT molecular complexity index is 501. The van der Waals surface area contributed by atoms with Crippen LogP contribution in [0, 0.1) is 12.8 Å². The molecule has 1 aliphatic rings. The normalized spacial score (nSPS) is 18.1. The largest absolute Gasteiger partial charge is 0.356 e. The molecule has 24 heavy (non-hydrogen) atoms. The summed E-state index contributed by atoms with van der Waals surface area (Å²) in [5.41, 5.74) is 0. The van der Waals surface area contributed by atoms with Crippen LogP contribution < -0.4 is 5.32 Å². The SMILES string of the molecule is CCN(CC)CC1CCN(C(=NC)NCCc2ncc(C)s2)C1.I. The highest BCUT2D eigenvalue weighted by Crippen LogP contribution is 2.17. The van der Waals surface area contributed by atoms with Crippen molar-refractivity contribution >= 4 is 41.3 Å². The van der Waals surface area contributed by atoms with E-state index in [4.69, 9.17) is 0 Å². The number of guanidine groups is 1. The van der Waals surface area contributed by atoms with Gasteiger partial charge < -0.3 is 15.1 Å². The van der Waals surface area contributed by atoms with E-state index in [9.17, 15) is 0 Å². The van der Waals surface area contributed by atoms with Crippen LogP contribution in [0.2, 0.25) is 0 Å². The van der Waals surface area contributed by atoms with Gasteiger partial charge in [-0.1, -0.05) is 13.8 Å². The second-order valence-electron chi connectivity index (χ2n) is 6.18. The highest BCUT2D eigenvalue weighted by atomic mass is 127. The van der Waals surface area contributed by atoms with Crippen molar-refractivity contribution in [3.63, 3.8) is 0 Å². The average Bonchev–Trinajstić information content (AvgIpc) is 3.18. The summed E-state index contributed by atoms with van der Waals surface area (Å²) in [4.78, 5) is 15.1. The van der Waals surface area contributed by atoms with Crippen molar-refractivity contribution in [2.75, 3.05) is 46.3 Å². The van der Waals surface area contributed by atoms with Crippen LogP contribution in [0.15, 0.2) is 11.2 Å². The molecule has 0 spiro atoms. The molecule has 1 saturated heterocycles. The lowest BCUT2D eigenvalue weighted by atomic mass is 10.1. The van der Waals surface area contributed by atoms with Crippen LogP contribution in [0.4, 0.5) is 0 Å². The molecule has 2 rings (SSSR count). The first-order chi connectivity index (χ1) is 11.2. The van der Waals surface area contributed by atoms with Crippen molar-refractivity contribution in [2.24, 2.45) is 10.9 Å². The van der Waals surface area contributed by atoms with Gasteiger partial charge in [-0.25, -0.2) is 4.98 Å². The molecule has 0 radical (unpaired) electrons. The van der Waals surface area contributed by atoms with E-state index < -0.39 is 0 Å². The molecular formula is C17H32IN5S. The number of nitrogens with zero attached hydrogens (tertiary/aromatic N) is 4. The summed E-state index contributed by atoms with van der Waals surface area (Å²) >= 11 is 1.78. The molecule has 0 amide bonds. The molecule has 1 N–H and O–H groups in total.